The van der Waals surface area contributed by atoms with Crippen molar-refractivity contribution >= 4 is 65.6 Å². The monoisotopic (exact) mass is 540 g/mol. The quantitative estimate of drug-likeness (QED) is 0.218. The molecule has 5 heteroatoms. The van der Waals surface area contributed by atoms with Gasteiger partial charge in [-0.2, -0.15) is 8.75 Å². The van der Waals surface area contributed by atoms with Crippen LogP contribution in [0.5, 0.6) is 0 Å². The van der Waals surface area contributed by atoms with E-state index in [1.165, 1.54) is 75.0 Å². The van der Waals surface area contributed by atoms with Crippen molar-refractivity contribution in [3.63, 3.8) is 0 Å². The van der Waals surface area contributed by atoms with Crippen molar-refractivity contribution in [2.75, 3.05) is 0 Å². The Morgan fingerprint density at radius 1 is 0.568 bits per heavy atom. The van der Waals surface area contributed by atoms with E-state index in [0.29, 0.717) is 0 Å². The zero-order chi connectivity index (χ0) is 26.3. The summed E-state index contributed by atoms with van der Waals surface area (Å²) in [5.41, 5.74) is 9.69. The van der Waals surface area contributed by atoms with Gasteiger partial charge in [0, 0.05) is 52.2 Å². The molecule has 0 spiro atoms. The van der Waals surface area contributed by atoms with Gasteiger partial charge in [-0.25, -0.2) is 0 Å². The van der Waals surface area contributed by atoms with Crippen molar-refractivity contribution in [1.82, 2.24) is 8.75 Å². The SMILES string of the molecule is Cc1ccc2sc(C(C)(C)C)c(-c3ccc(-c4c(C(C)(C)C)sc5ccc(C)cc45)c4nsnc34)c2c1. The van der Waals surface area contributed by atoms with E-state index in [9.17, 15) is 0 Å². The summed E-state index contributed by atoms with van der Waals surface area (Å²) in [6.45, 7) is 18.2. The topological polar surface area (TPSA) is 25.8 Å². The lowest BCUT2D eigenvalue weighted by molar-refractivity contribution is 0.605. The van der Waals surface area contributed by atoms with Crippen LogP contribution in [0.2, 0.25) is 0 Å². The zero-order valence-electron chi connectivity index (χ0n) is 22.7. The molecule has 2 nitrogen and oxygen atoms in total. The number of aryl methyl sites for hydroxylation is 2. The highest BCUT2D eigenvalue weighted by molar-refractivity contribution is 7.20. The standard InChI is InChI=1S/C32H32N2S3/c1-17-9-13-23-21(15-17)25(29(35-23)31(3,4)5)19-11-12-20(28-27(19)33-37-34-28)26-22-16-18(2)10-14-24(22)36-30(26)32(6,7)8/h9-16H,1-8H3. The summed E-state index contributed by atoms with van der Waals surface area (Å²) in [7, 11) is 0. The third-order valence-corrected chi connectivity index (χ3v) is 10.7. The van der Waals surface area contributed by atoms with Gasteiger partial charge < -0.3 is 0 Å². The van der Waals surface area contributed by atoms with E-state index >= 15 is 0 Å². The number of hydrogen-bond acceptors (Lipinski definition) is 5. The van der Waals surface area contributed by atoms with Gasteiger partial charge in [0.2, 0.25) is 0 Å². The largest absolute Gasteiger partial charge is 0.172 e. The highest BCUT2D eigenvalue weighted by atomic mass is 32.1. The molecule has 3 aromatic heterocycles. The number of fused-ring (bicyclic) bond motifs is 3. The maximum atomic E-state index is 4.93. The predicted octanol–water partition coefficient (Wildman–Crippen LogP) is 10.7. The van der Waals surface area contributed by atoms with Crippen molar-refractivity contribution < 1.29 is 0 Å². The number of hydrogen-bond donors (Lipinski definition) is 0. The fraction of sp³-hybridized carbons (Fsp3) is 0.312. The van der Waals surface area contributed by atoms with E-state index in [4.69, 9.17) is 8.75 Å². The Labute approximate surface area is 231 Å². The van der Waals surface area contributed by atoms with Gasteiger partial charge in [-0.15, -0.1) is 22.7 Å². The van der Waals surface area contributed by atoms with E-state index in [2.05, 4.69) is 104 Å². The second kappa shape index (κ2) is 8.45. The van der Waals surface area contributed by atoms with Crippen LogP contribution in [0, 0.1) is 13.8 Å². The maximum absolute atomic E-state index is 4.93. The Bertz CT molecular complexity index is 1680. The Morgan fingerprint density at radius 2 is 0.973 bits per heavy atom. The summed E-state index contributed by atoms with van der Waals surface area (Å²) < 4.78 is 12.5. The normalized spacial score (nSPS) is 12.9. The maximum Gasteiger partial charge on any atom is 0.113 e. The highest BCUT2D eigenvalue weighted by Crippen LogP contribution is 2.50. The minimum absolute atomic E-state index is 0.0296. The van der Waals surface area contributed by atoms with Gasteiger partial charge in [0.1, 0.15) is 11.0 Å². The van der Waals surface area contributed by atoms with E-state index in [-0.39, 0.29) is 10.8 Å². The summed E-state index contributed by atoms with van der Waals surface area (Å²) in [5.74, 6) is 0. The Kier molecular flexibility index (Phi) is 5.65. The highest BCUT2D eigenvalue weighted by Gasteiger charge is 2.29. The summed E-state index contributed by atoms with van der Waals surface area (Å²) in [6, 6.07) is 18.3. The predicted molar refractivity (Wildman–Crippen MR) is 166 cm³/mol. The average molecular weight is 541 g/mol. The van der Waals surface area contributed by atoms with Gasteiger partial charge in [0.05, 0.1) is 11.7 Å². The molecule has 6 rings (SSSR count). The second-order valence-electron chi connectivity index (χ2n) is 12.2. The number of nitrogens with zero attached hydrogens (tertiary/aromatic N) is 2. The fourth-order valence-corrected chi connectivity index (χ4v) is 8.37. The minimum Gasteiger partial charge on any atom is -0.172 e. The van der Waals surface area contributed by atoms with Crippen molar-refractivity contribution in [3.05, 3.63) is 69.4 Å². The van der Waals surface area contributed by atoms with Gasteiger partial charge in [-0.1, -0.05) is 76.9 Å². The van der Waals surface area contributed by atoms with Crippen LogP contribution < -0.4 is 0 Å². The van der Waals surface area contributed by atoms with Crippen LogP contribution in [-0.4, -0.2) is 8.75 Å². The molecular weight excluding hydrogens is 509 g/mol. The molecule has 0 aliphatic carbocycles. The molecule has 0 bridgehead atoms. The first-order valence-electron chi connectivity index (χ1n) is 12.8. The number of benzene rings is 3. The lowest BCUT2D eigenvalue weighted by Crippen LogP contribution is -2.10. The van der Waals surface area contributed by atoms with Gasteiger partial charge in [0.25, 0.3) is 0 Å². The molecule has 188 valence electrons. The first-order chi connectivity index (χ1) is 17.4. The minimum atomic E-state index is 0.0296. The average Bonchev–Trinajstić information content (AvgIpc) is 3.53. The third kappa shape index (κ3) is 4.03. The molecule has 0 aliphatic rings. The van der Waals surface area contributed by atoms with Crippen molar-refractivity contribution in [1.29, 1.82) is 0 Å². The van der Waals surface area contributed by atoms with Crippen LogP contribution in [0.25, 0.3) is 53.5 Å². The molecule has 37 heavy (non-hydrogen) atoms. The number of rotatable bonds is 2. The summed E-state index contributed by atoms with van der Waals surface area (Å²) in [5, 5.41) is 2.65. The van der Waals surface area contributed by atoms with Crippen LogP contribution in [0.15, 0.2) is 48.5 Å². The molecule has 0 amide bonds. The molecule has 0 radical (unpaired) electrons. The van der Waals surface area contributed by atoms with Crippen molar-refractivity contribution in [2.45, 2.75) is 66.2 Å². The summed E-state index contributed by atoms with van der Waals surface area (Å²) in [6.07, 6.45) is 0. The van der Waals surface area contributed by atoms with Crippen LogP contribution in [-0.2, 0) is 10.8 Å². The molecule has 3 aromatic carbocycles. The molecule has 0 fully saturated rings. The Hall–Kier alpha value is -2.60. The Balaban J connectivity index is 1.69. The van der Waals surface area contributed by atoms with Crippen molar-refractivity contribution in [2.24, 2.45) is 0 Å². The van der Waals surface area contributed by atoms with Gasteiger partial charge in [-0.3, -0.25) is 0 Å². The zero-order valence-corrected chi connectivity index (χ0v) is 25.2. The van der Waals surface area contributed by atoms with Crippen LogP contribution in [0.1, 0.15) is 62.4 Å². The molecule has 0 aliphatic heterocycles. The van der Waals surface area contributed by atoms with E-state index in [1.54, 1.807) is 0 Å². The molecule has 3 heterocycles. The lowest BCUT2D eigenvalue weighted by Gasteiger charge is -2.21. The Morgan fingerprint density at radius 3 is 1.35 bits per heavy atom. The fourth-order valence-electron chi connectivity index (χ4n) is 5.28. The molecule has 0 atom stereocenters. The van der Waals surface area contributed by atoms with E-state index in [1.807, 2.05) is 22.7 Å². The molecular formula is C32H32N2S3. The third-order valence-electron chi connectivity index (χ3n) is 7.00. The smallest absolute Gasteiger partial charge is 0.113 e. The first-order valence-corrected chi connectivity index (χ1v) is 15.1. The van der Waals surface area contributed by atoms with Gasteiger partial charge >= 0.3 is 0 Å². The van der Waals surface area contributed by atoms with Crippen molar-refractivity contribution in [3.8, 4) is 22.3 Å². The summed E-state index contributed by atoms with van der Waals surface area (Å²) in [4.78, 5) is 2.81. The number of aromatic nitrogens is 2. The molecule has 0 saturated carbocycles. The van der Waals surface area contributed by atoms with Crippen LogP contribution in [0.3, 0.4) is 0 Å². The molecule has 0 unspecified atom stereocenters. The van der Waals surface area contributed by atoms with E-state index in [0.717, 1.165) is 11.0 Å². The lowest BCUT2D eigenvalue weighted by atomic mass is 9.85. The van der Waals surface area contributed by atoms with Crippen LogP contribution in [0.4, 0.5) is 0 Å². The molecule has 0 saturated heterocycles. The molecule has 6 aromatic rings. The van der Waals surface area contributed by atoms with Gasteiger partial charge in [0.15, 0.2) is 0 Å². The first kappa shape index (κ1) is 24.7. The second-order valence-corrected chi connectivity index (χ2v) is 14.9. The van der Waals surface area contributed by atoms with Crippen LogP contribution >= 0.6 is 34.4 Å². The van der Waals surface area contributed by atoms with Gasteiger partial charge in [-0.05, 0) is 48.9 Å². The number of thiophene rings is 2. The summed E-state index contributed by atoms with van der Waals surface area (Å²) >= 11 is 5.15. The van der Waals surface area contributed by atoms with E-state index < -0.39 is 0 Å². The molecule has 0 N–H and O–H groups in total.